The zero-order valence-corrected chi connectivity index (χ0v) is 12.4. The van der Waals surface area contributed by atoms with Crippen LogP contribution in [-0.2, 0) is 10.0 Å². The van der Waals surface area contributed by atoms with E-state index in [-0.39, 0.29) is 21.5 Å². The molecule has 1 saturated carbocycles. The fraction of sp³-hybridized carbons (Fsp3) is 0.583. The van der Waals surface area contributed by atoms with Gasteiger partial charge in [0, 0.05) is 6.54 Å². The van der Waals surface area contributed by atoms with E-state index in [1.54, 1.807) is 0 Å². The number of hydrogen-bond acceptors (Lipinski definition) is 5. The van der Waals surface area contributed by atoms with E-state index in [2.05, 4.69) is 4.72 Å². The van der Waals surface area contributed by atoms with E-state index < -0.39 is 22.1 Å². The number of rotatable bonds is 5. The van der Waals surface area contributed by atoms with Crippen LogP contribution < -0.4 is 4.72 Å². The van der Waals surface area contributed by atoms with Crippen LogP contribution in [0.3, 0.4) is 0 Å². The zero-order valence-electron chi connectivity index (χ0n) is 10.8. The molecule has 0 bridgehead atoms. The van der Waals surface area contributed by atoms with Crippen molar-refractivity contribution in [3.8, 4) is 0 Å². The largest absolute Gasteiger partial charge is 0.477 e. The molecule has 112 valence electrons. The molecule has 0 amide bonds. The molecule has 0 aromatic carbocycles. The summed E-state index contributed by atoms with van der Waals surface area (Å²) in [6.45, 7) is 0.184. The van der Waals surface area contributed by atoms with Gasteiger partial charge in [-0.15, -0.1) is 11.3 Å². The highest BCUT2D eigenvalue weighted by atomic mass is 32.2. The molecule has 0 saturated heterocycles. The topological polar surface area (TPSA) is 104 Å². The summed E-state index contributed by atoms with van der Waals surface area (Å²) >= 11 is 0.723. The quantitative estimate of drug-likeness (QED) is 0.758. The summed E-state index contributed by atoms with van der Waals surface area (Å²) in [5.74, 6) is -1.21. The molecule has 8 heteroatoms. The third kappa shape index (κ3) is 3.57. The maximum Gasteiger partial charge on any atom is 0.345 e. The third-order valence-electron chi connectivity index (χ3n) is 3.46. The monoisotopic (exact) mass is 319 g/mol. The summed E-state index contributed by atoms with van der Waals surface area (Å²) in [6, 6.07) is 2.56. The van der Waals surface area contributed by atoms with Crippen LogP contribution in [0.2, 0.25) is 0 Å². The molecule has 0 aliphatic heterocycles. The SMILES string of the molecule is O=C(O)c1ccc(S(=O)(=O)NCC2CCCCC2O)s1. The number of aromatic carboxylic acids is 1. The van der Waals surface area contributed by atoms with Crippen molar-refractivity contribution in [3.63, 3.8) is 0 Å². The van der Waals surface area contributed by atoms with Crippen molar-refractivity contribution >= 4 is 27.3 Å². The summed E-state index contributed by atoms with van der Waals surface area (Å²) in [5.41, 5.74) is 0. The lowest BCUT2D eigenvalue weighted by Crippen LogP contribution is -2.36. The van der Waals surface area contributed by atoms with Crippen molar-refractivity contribution in [3.05, 3.63) is 17.0 Å². The standard InChI is InChI=1S/C12H17NO5S2/c14-9-4-2-1-3-8(9)7-13-20(17,18)11-6-5-10(19-11)12(15)16/h5-6,8-9,13-14H,1-4,7H2,(H,15,16). The third-order valence-corrected chi connectivity index (χ3v) is 6.45. The molecule has 1 heterocycles. The first-order valence-corrected chi connectivity index (χ1v) is 8.71. The van der Waals surface area contributed by atoms with Gasteiger partial charge in [0.25, 0.3) is 0 Å². The number of thiophene rings is 1. The van der Waals surface area contributed by atoms with E-state index in [9.17, 15) is 18.3 Å². The molecule has 1 aliphatic rings. The van der Waals surface area contributed by atoms with Crippen LogP contribution in [0.4, 0.5) is 0 Å². The van der Waals surface area contributed by atoms with E-state index in [4.69, 9.17) is 5.11 Å². The summed E-state index contributed by atoms with van der Waals surface area (Å²) < 4.78 is 26.5. The summed E-state index contributed by atoms with van der Waals surface area (Å²) in [5, 5.41) is 18.6. The van der Waals surface area contributed by atoms with Gasteiger partial charge in [-0.1, -0.05) is 12.8 Å². The molecule has 1 aliphatic carbocycles. The van der Waals surface area contributed by atoms with Gasteiger partial charge in [0.05, 0.1) is 6.10 Å². The minimum Gasteiger partial charge on any atom is -0.477 e. The van der Waals surface area contributed by atoms with Crippen LogP contribution in [0.25, 0.3) is 0 Å². The minimum absolute atomic E-state index is 0.0110. The van der Waals surface area contributed by atoms with E-state index in [0.29, 0.717) is 6.42 Å². The predicted octanol–water partition coefficient (Wildman–Crippen LogP) is 1.28. The molecule has 1 aromatic rings. The highest BCUT2D eigenvalue weighted by Crippen LogP contribution is 2.25. The van der Waals surface area contributed by atoms with Gasteiger partial charge in [-0.05, 0) is 30.9 Å². The van der Waals surface area contributed by atoms with Crippen molar-refractivity contribution in [2.24, 2.45) is 5.92 Å². The fourth-order valence-electron chi connectivity index (χ4n) is 2.29. The molecule has 0 radical (unpaired) electrons. The highest BCUT2D eigenvalue weighted by molar-refractivity contribution is 7.91. The second-order valence-corrected chi connectivity index (χ2v) is 7.97. The number of hydrogen-bond donors (Lipinski definition) is 3. The van der Waals surface area contributed by atoms with Gasteiger partial charge in [-0.25, -0.2) is 17.9 Å². The van der Waals surface area contributed by atoms with Crippen LogP contribution in [0, 0.1) is 5.92 Å². The van der Waals surface area contributed by atoms with Gasteiger partial charge in [-0.2, -0.15) is 0 Å². The van der Waals surface area contributed by atoms with Gasteiger partial charge in [0.15, 0.2) is 0 Å². The Hall–Kier alpha value is -0.960. The van der Waals surface area contributed by atoms with Gasteiger partial charge in [-0.3, -0.25) is 0 Å². The first kappa shape index (κ1) is 15.4. The van der Waals surface area contributed by atoms with E-state index >= 15 is 0 Å². The van der Waals surface area contributed by atoms with Crippen LogP contribution in [0.5, 0.6) is 0 Å². The molecule has 6 nitrogen and oxygen atoms in total. The summed E-state index contributed by atoms with van der Waals surface area (Å²) in [7, 11) is -3.70. The maximum absolute atomic E-state index is 12.0. The van der Waals surface area contributed by atoms with E-state index in [1.165, 1.54) is 12.1 Å². The Morgan fingerprint density at radius 1 is 1.35 bits per heavy atom. The van der Waals surface area contributed by atoms with Crippen molar-refractivity contribution < 1.29 is 23.4 Å². The lowest BCUT2D eigenvalue weighted by atomic mass is 9.87. The summed E-state index contributed by atoms with van der Waals surface area (Å²) in [4.78, 5) is 10.7. The zero-order chi connectivity index (χ0) is 14.8. The smallest absolute Gasteiger partial charge is 0.345 e. The molecular formula is C12H17NO5S2. The molecule has 2 atom stereocenters. The summed E-state index contributed by atoms with van der Waals surface area (Å²) in [6.07, 6.45) is 3.00. The molecule has 20 heavy (non-hydrogen) atoms. The molecule has 2 rings (SSSR count). The lowest BCUT2D eigenvalue weighted by Gasteiger charge is -2.27. The number of aliphatic hydroxyl groups excluding tert-OH is 1. The Balaban J connectivity index is 2.01. The number of carboxylic acids is 1. The Kier molecular flexibility index (Phi) is 4.79. The van der Waals surface area contributed by atoms with Gasteiger partial charge in [0.1, 0.15) is 9.09 Å². The van der Waals surface area contributed by atoms with Crippen molar-refractivity contribution in [2.75, 3.05) is 6.54 Å². The van der Waals surface area contributed by atoms with Crippen LogP contribution in [0.1, 0.15) is 35.4 Å². The molecule has 1 aromatic heterocycles. The van der Waals surface area contributed by atoms with Gasteiger partial charge in [0.2, 0.25) is 10.0 Å². The number of carbonyl (C=O) groups is 1. The number of nitrogens with one attached hydrogen (secondary N) is 1. The lowest BCUT2D eigenvalue weighted by molar-refractivity contribution is 0.0701. The molecule has 1 fully saturated rings. The Morgan fingerprint density at radius 2 is 2.05 bits per heavy atom. The maximum atomic E-state index is 12.0. The average Bonchev–Trinajstić information content (AvgIpc) is 2.88. The van der Waals surface area contributed by atoms with Gasteiger partial charge >= 0.3 is 5.97 Å². The number of sulfonamides is 1. The first-order valence-electron chi connectivity index (χ1n) is 6.41. The van der Waals surface area contributed by atoms with Crippen LogP contribution in [0.15, 0.2) is 16.3 Å². The van der Waals surface area contributed by atoms with Crippen molar-refractivity contribution in [1.29, 1.82) is 0 Å². The highest BCUT2D eigenvalue weighted by Gasteiger charge is 2.26. The van der Waals surface area contributed by atoms with Crippen molar-refractivity contribution in [1.82, 2.24) is 4.72 Å². The second kappa shape index (κ2) is 6.21. The molecule has 0 spiro atoms. The van der Waals surface area contributed by atoms with E-state index in [1.807, 2.05) is 0 Å². The fourth-order valence-corrected chi connectivity index (χ4v) is 4.58. The number of carboxylic acid groups (broad SMARTS) is 1. The van der Waals surface area contributed by atoms with Crippen LogP contribution >= 0.6 is 11.3 Å². The molecular weight excluding hydrogens is 302 g/mol. The molecule has 2 unspecified atom stereocenters. The Labute approximate surface area is 121 Å². The number of aliphatic hydroxyl groups is 1. The van der Waals surface area contributed by atoms with E-state index in [0.717, 1.165) is 30.6 Å². The molecule has 3 N–H and O–H groups in total. The minimum atomic E-state index is -3.70. The van der Waals surface area contributed by atoms with Gasteiger partial charge < -0.3 is 10.2 Å². The first-order chi connectivity index (χ1) is 9.40. The normalized spacial score (nSPS) is 23.6. The predicted molar refractivity (Wildman–Crippen MR) is 74.4 cm³/mol. The average molecular weight is 319 g/mol. The van der Waals surface area contributed by atoms with Crippen molar-refractivity contribution in [2.45, 2.75) is 36.0 Å². The van der Waals surface area contributed by atoms with Crippen LogP contribution in [-0.4, -0.2) is 37.2 Å². The Morgan fingerprint density at radius 3 is 2.65 bits per heavy atom. The second-order valence-electron chi connectivity index (χ2n) is 4.89. The Bertz CT molecular complexity index is 580.